The Balaban J connectivity index is 2.32. The molecule has 7 heteroatoms. The van der Waals surface area contributed by atoms with Gasteiger partial charge in [-0.15, -0.1) is 0 Å². The molecule has 1 heterocycles. The summed E-state index contributed by atoms with van der Waals surface area (Å²) in [5.74, 6) is 0.650. The van der Waals surface area contributed by atoms with Gasteiger partial charge in [-0.2, -0.15) is 11.8 Å². The maximum atomic E-state index is 11.1. The molecule has 1 aromatic rings. The Morgan fingerprint density at radius 1 is 1.53 bits per heavy atom. The third kappa shape index (κ3) is 3.17. The highest BCUT2D eigenvalue weighted by atomic mass is 32.2. The smallest absolute Gasteiger partial charge is 0.305 e. The number of hydrogen-bond acceptors (Lipinski definition) is 5. The molecule has 1 aromatic carbocycles. The van der Waals surface area contributed by atoms with Crippen LogP contribution in [0.25, 0.3) is 0 Å². The summed E-state index contributed by atoms with van der Waals surface area (Å²) < 4.78 is 0. The number of benzene rings is 1. The first-order chi connectivity index (χ1) is 9.09. The second-order valence-electron chi connectivity index (χ2n) is 4.27. The predicted octanol–water partition coefficient (Wildman–Crippen LogP) is 1.99. The average molecular weight is 282 g/mol. The van der Waals surface area contributed by atoms with E-state index in [2.05, 4.69) is 0 Å². The van der Waals surface area contributed by atoms with Gasteiger partial charge in [0.1, 0.15) is 5.69 Å². The van der Waals surface area contributed by atoms with Crippen LogP contribution < -0.4 is 4.90 Å². The Morgan fingerprint density at radius 2 is 2.26 bits per heavy atom. The molecule has 1 atom stereocenters. The van der Waals surface area contributed by atoms with Crippen LogP contribution in [-0.2, 0) is 4.79 Å². The largest absolute Gasteiger partial charge is 0.481 e. The van der Waals surface area contributed by atoms with E-state index in [0.29, 0.717) is 18.0 Å². The van der Waals surface area contributed by atoms with Crippen molar-refractivity contribution in [2.24, 2.45) is 0 Å². The topological polar surface area (TPSA) is 83.7 Å². The Bertz CT molecular complexity index is 494. The van der Waals surface area contributed by atoms with Gasteiger partial charge in [-0.05, 0) is 6.07 Å². The summed E-state index contributed by atoms with van der Waals surface area (Å²) in [6, 6.07) is 6.30. The number of rotatable bonds is 4. The molecule has 102 valence electrons. The monoisotopic (exact) mass is 282 g/mol. The van der Waals surface area contributed by atoms with E-state index in [0.717, 1.165) is 5.75 Å². The second kappa shape index (κ2) is 5.92. The molecule has 1 unspecified atom stereocenters. The van der Waals surface area contributed by atoms with Gasteiger partial charge in [-0.1, -0.05) is 12.1 Å². The standard InChI is InChI=1S/C12H14N2O4S/c15-12(16)7-9-8-19-6-5-13(9)10-3-1-2-4-11(10)14(17)18/h1-4,9H,5-8H2,(H,15,16). The van der Waals surface area contributed by atoms with Crippen LogP contribution in [0, 0.1) is 10.1 Å². The molecule has 0 saturated carbocycles. The van der Waals surface area contributed by atoms with Crippen LogP contribution in [0.4, 0.5) is 11.4 Å². The summed E-state index contributed by atoms with van der Waals surface area (Å²) in [6.07, 6.45) is -0.000944. The Morgan fingerprint density at radius 3 is 2.95 bits per heavy atom. The number of carboxylic acid groups (broad SMARTS) is 1. The molecule has 1 aliphatic heterocycles. The van der Waals surface area contributed by atoms with E-state index in [1.807, 2.05) is 4.90 Å². The number of thioether (sulfide) groups is 1. The van der Waals surface area contributed by atoms with E-state index in [4.69, 9.17) is 5.11 Å². The van der Waals surface area contributed by atoms with Crippen molar-refractivity contribution in [3.8, 4) is 0 Å². The van der Waals surface area contributed by atoms with Gasteiger partial charge in [-0.3, -0.25) is 14.9 Å². The fourth-order valence-electron chi connectivity index (χ4n) is 2.20. The first kappa shape index (κ1) is 13.7. The summed E-state index contributed by atoms with van der Waals surface area (Å²) in [7, 11) is 0. The maximum Gasteiger partial charge on any atom is 0.305 e. The van der Waals surface area contributed by atoms with Gasteiger partial charge in [0.05, 0.1) is 11.3 Å². The zero-order chi connectivity index (χ0) is 13.8. The number of nitrogens with zero attached hydrogens (tertiary/aromatic N) is 2. The minimum absolute atomic E-state index is 0.000944. The Hall–Kier alpha value is -1.76. The summed E-state index contributed by atoms with van der Waals surface area (Å²) in [4.78, 5) is 23.4. The summed E-state index contributed by atoms with van der Waals surface area (Å²) in [5.41, 5.74) is 0.545. The van der Waals surface area contributed by atoms with Gasteiger partial charge in [0.25, 0.3) is 5.69 Å². The van der Waals surface area contributed by atoms with E-state index in [1.54, 1.807) is 30.0 Å². The number of anilines is 1. The second-order valence-corrected chi connectivity index (χ2v) is 5.42. The quantitative estimate of drug-likeness (QED) is 0.671. The Labute approximate surface area is 114 Å². The van der Waals surface area contributed by atoms with Crippen LogP contribution in [-0.4, -0.2) is 40.1 Å². The van der Waals surface area contributed by atoms with E-state index in [9.17, 15) is 14.9 Å². The molecule has 0 aromatic heterocycles. The molecule has 0 radical (unpaired) electrons. The molecule has 0 spiro atoms. The van der Waals surface area contributed by atoms with Crippen LogP contribution in [0.15, 0.2) is 24.3 Å². The van der Waals surface area contributed by atoms with Crippen molar-refractivity contribution >= 4 is 29.1 Å². The lowest BCUT2D eigenvalue weighted by molar-refractivity contribution is -0.384. The lowest BCUT2D eigenvalue weighted by Gasteiger charge is -2.36. The lowest BCUT2D eigenvalue weighted by atomic mass is 10.1. The van der Waals surface area contributed by atoms with Gasteiger partial charge in [0.2, 0.25) is 0 Å². The van der Waals surface area contributed by atoms with Crippen molar-refractivity contribution < 1.29 is 14.8 Å². The first-order valence-electron chi connectivity index (χ1n) is 5.89. The molecular formula is C12H14N2O4S. The minimum Gasteiger partial charge on any atom is -0.481 e. The van der Waals surface area contributed by atoms with Gasteiger partial charge < -0.3 is 10.0 Å². The van der Waals surface area contributed by atoms with E-state index in [-0.39, 0.29) is 18.2 Å². The number of nitro benzene ring substituents is 1. The lowest BCUT2D eigenvalue weighted by Crippen LogP contribution is -2.44. The number of carboxylic acids is 1. The SMILES string of the molecule is O=C(O)CC1CSCCN1c1ccccc1[N+](=O)[O-]. The third-order valence-electron chi connectivity index (χ3n) is 3.03. The highest BCUT2D eigenvalue weighted by Crippen LogP contribution is 2.32. The maximum absolute atomic E-state index is 11.1. The average Bonchev–Trinajstić information content (AvgIpc) is 2.38. The summed E-state index contributed by atoms with van der Waals surface area (Å²) >= 11 is 1.68. The van der Waals surface area contributed by atoms with Crippen molar-refractivity contribution in [2.45, 2.75) is 12.5 Å². The van der Waals surface area contributed by atoms with E-state index >= 15 is 0 Å². The molecular weight excluding hydrogens is 268 g/mol. The van der Waals surface area contributed by atoms with Crippen molar-refractivity contribution in [2.75, 3.05) is 23.0 Å². The minimum atomic E-state index is -0.879. The molecule has 1 fully saturated rings. The third-order valence-corrected chi connectivity index (χ3v) is 4.12. The molecule has 19 heavy (non-hydrogen) atoms. The molecule has 0 aliphatic carbocycles. The fourth-order valence-corrected chi connectivity index (χ4v) is 3.27. The van der Waals surface area contributed by atoms with Crippen LogP contribution in [0.5, 0.6) is 0 Å². The van der Waals surface area contributed by atoms with Crippen LogP contribution >= 0.6 is 11.8 Å². The summed E-state index contributed by atoms with van der Waals surface area (Å²) in [5, 5.41) is 20.0. The van der Waals surface area contributed by atoms with Crippen LogP contribution in [0.2, 0.25) is 0 Å². The van der Waals surface area contributed by atoms with Gasteiger partial charge in [0, 0.05) is 30.2 Å². The molecule has 1 saturated heterocycles. The molecule has 6 nitrogen and oxygen atoms in total. The number of aliphatic carboxylic acids is 1. The summed E-state index contributed by atoms with van der Waals surface area (Å²) in [6.45, 7) is 0.632. The highest BCUT2D eigenvalue weighted by Gasteiger charge is 2.29. The highest BCUT2D eigenvalue weighted by molar-refractivity contribution is 7.99. The zero-order valence-corrected chi connectivity index (χ0v) is 11.0. The van der Waals surface area contributed by atoms with E-state index < -0.39 is 10.9 Å². The van der Waals surface area contributed by atoms with Crippen molar-refractivity contribution in [1.29, 1.82) is 0 Å². The number of para-hydroxylation sites is 2. The molecule has 0 bridgehead atoms. The number of nitro groups is 1. The predicted molar refractivity (Wildman–Crippen MR) is 73.8 cm³/mol. The normalized spacial score (nSPS) is 19.2. The number of carbonyl (C=O) groups is 1. The molecule has 1 aliphatic rings. The fraction of sp³-hybridized carbons (Fsp3) is 0.417. The van der Waals surface area contributed by atoms with Crippen LogP contribution in [0.3, 0.4) is 0 Å². The number of hydrogen-bond donors (Lipinski definition) is 1. The molecule has 2 rings (SSSR count). The zero-order valence-electron chi connectivity index (χ0n) is 10.2. The molecule has 1 N–H and O–H groups in total. The first-order valence-corrected chi connectivity index (χ1v) is 7.04. The van der Waals surface area contributed by atoms with Gasteiger partial charge in [0.15, 0.2) is 0 Å². The van der Waals surface area contributed by atoms with Crippen molar-refractivity contribution in [3.05, 3.63) is 34.4 Å². The molecule has 0 amide bonds. The Kier molecular flexibility index (Phi) is 4.26. The van der Waals surface area contributed by atoms with Crippen molar-refractivity contribution in [1.82, 2.24) is 0 Å². The van der Waals surface area contributed by atoms with Gasteiger partial charge in [-0.25, -0.2) is 0 Å². The van der Waals surface area contributed by atoms with Gasteiger partial charge >= 0.3 is 5.97 Å². The van der Waals surface area contributed by atoms with E-state index in [1.165, 1.54) is 6.07 Å². The van der Waals surface area contributed by atoms with Crippen LogP contribution in [0.1, 0.15) is 6.42 Å². The van der Waals surface area contributed by atoms with Crippen molar-refractivity contribution in [3.63, 3.8) is 0 Å².